The molecule has 0 spiro atoms. The first-order valence-corrected chi connectivity index (χ1v) is 17.1. The van der Waals surface area contributed by atoms with Crippen molar-refractivity contribution in [2.24, 2.45) is 17.8 Å². The van der Waals surface area contributed by atoms with Crippen molar-refractivity contribution in [1.29, 1.82) is 0 Å². The van der Waals surface area contributed by atoms with E-state index in [1.54, 1.807) is 0 Å². The number of ether oxygens (including phenoxy) is 4. The number of hydrogen-bond donors (Lipinski definition) is 0. The topological polar surface area (TPSA) is 63.2 Å². The van der Waals surface area contributed by atoms with Crippen LogP contribution < -0.4 is 0 Å². The van der Waals surface area contributed by atoms with Gasteiger partial charge < -0.3 is 23.4 Å². The van der Waals surface area contributed by atoms with E-state index in [4.69, 9.17) is 23.4 Å². The molecule has 0 N–H and O–H groups in total. The van der Waals surface area contributed by atoms with Crippen LogP contribution in [0.25, 0.3) is 0 Å². The molecule has 204 valence electrons. The molecule has 3 aliphatic rings. The van der Waals surface area contributed by atoms with Crippen molar-refractivity contribution in [3.05, 3.63) is 0 Å². The highest BCUT2D eigenvalue weighted by atomic mass is 28.4. The fourth-order valence-electron chi connectivity index (χ4n) is 5.50. The Morgan fingerprint density at radius 2 is 1.86 bits per heavy atom. The molecule has 7 heteroatoms. The minimum atomic E-state index is -1.85. The van der Waals surface area contributed by atoms with Gasteiger partial charge in [-0.15, -0.1) is 0 Å². The van der Waals surface area contributed by atoms with Crippen LogP contribution in [0.4, 0.5) is 0 Å². The first kappa shape index (κ1) is 29.1. The van der Waals surface area contributed by atoms with Crippen LogP contribution in [0.5, 0.6) is 0 Å². The van der Waals surface area contributed by atoms with Crippen LogP contribution in [0.15, 0.2) is 0 Å². The van der Waals surface area contributed by atoms with Crippen molar-refractivity contribution in [1.82, 2.24) is 0 Å². The Morgan fingerprint density at radius 3 is 2.51 bits per heavy atom. The molecule has 35 heavy (non-hydrogen) atoms. The van der Waals surface area contributed by atoms with E-state index in [9.17, 15) is 4.79 Å². The Bertz CT molecular complexity index is 654. The lowest BCUT2D eigenvalue weighted by Gasteiger charge is -2.38. The molecule has 1 aliphatic carbocycles. The lowest BCUT2D eigenvalue weighted by Crippen LogP contribution is -2.44. The molecular weight excluding hydrogens is 460 g/mol. The number of carbonyl (C=O) groups is 1. The molecule has 2 aliphatic heterocycles. The molecule has 0 aromatic carbocycles. The van der Waals surface area contributed by atoms with Gasteiger partial charge in [0.15, 0.2) is 14.6 Å². The van der Waals surface area contributed by atoms with E-state index in [-0.39, 0.29) is 35.6 Å². The molecule has 3 fully saturated rings. The van der Waals surface area contributed by atoms with E-state index in [0.29, 0.717) is 24.2 Å². The van der Waals surface area contributed by atoms with Crippen molar-refractivity contribution in [2.45, 2.75) is 135 Å². The third-order valence-corrected chi connectivity index (χ3v) is 13.2. The minimum Gasteiger partial charge on any atom is -0.463 e. The summed E-state index contributed by atoms with van der Waals surface area (Å²) in [4.78, 5) is 11.9. The largest absolute Gasteiger partial charge is 0.463 e. The minimum absolute atomic E-state index is 0.0391. The van der Waals surface area contributed by atoms with Crippen molar-refractivity contribution < 1.29 is 28.2 Å². The van der Waals surface area contributed by atoms with Gasteiger partial charge in [-0.3, -0.25) is 4.79 Å². The maximum Gasteiger partial charge on any atom is 0.306 e. The van der Waals surface area contributed by atoms with Crippen molar-refractivity contribution in [3.63, 3.8) is 0 Å². The van der Waals surface area contributed by atoms with Crippen molar-refractivity contribution >= 4 is 14.3 Å². The van der Waals surface area contributed by atoms with Gasteiger partial charge >= 0.3 is 5.97 Å². The van der Waals surface area contributed by atoms with Gasteiger partial charge in [0.2, 0.25) is 0 Å². The zero-order chi connectivity index (χ0) is 25.6. The zero-order valence-electron chi connectivity index (χ0n) is 23.5. The van der Waals surface area contributed by atoms with Crippen LogP contribution >= 0.6 is 0 Å². The number of carbonyl (C=O) groups excluding carboxylic acids is 1. The average molecular weight is 513 g/mol. The summed E-state index contributed by atoms with van der Waals surface area (Å²) in [6, 6.07) is 0. The Morgan fingerprint density at radius 1 is 1.09 bits per heavy atom. The van der Waals surface area contributed by atoms with Gasteiger partial charge in [0.05, 0.1) is 18.3 Å². The molecular formula is C28H52O6Si. The van der Waals surface area contributed by atoms with Crippen LogP contribution in [0.2, 0.25) is 18.1 Å². The fourth-order valence-corrected chi connectivity index (χ4v) is 6.54. The molecule has 0 amide bonds. The van der Waals surface area contributed by atoms with E-state index in [2.05, 4.69) is 33.9 Å². The van der Waals surface area contributed by atoms with E-state index >= 15 is 0 Å². The molecule has 3 rings (SSSR count). The van der Waals surface area contributed by atoms with Gasteiger partial charge in [0, 0.05) is 38.6 Å². The highest BCUT2D eigenvalue weighted by Crippen LogP contribution is 2.45. The first-order valence-electron chi connectivity index (χ1n) is 14.2. The molecule has 6 atom stereocenters. The molecule has 2 unspecified atom stereocenters. The molecule has 0 aromatic rings. The average Bonchev–Trinajstić information content (AvgIpc) is 2.96. The summed E-state index contributed by atoms with van der Waals surface area (Å²) in [5.74, 6) is 1.23. The highest BCUT2D eigenvalue weighted by Gasteiger charge is 2.48. The molecule has 2 saturated heterocycles. The SMILES string of the molecule is CC(C)OC(=O)CCCC1CC[C@@H]2[C@@H](CO[Si](C)(C)C(C)(C)C)[C@H](OC3CCCCO3)C[C@@H]2OC1. The third kappa shape index (κ3) is 8.52. The standard InChI is InChI=1S/C28H52O6Si/c1-20(2)33-26(29)12-10-11-21-14-15-22-23(19-32-35(6,7)28(3,4)5)25(17-24(22)31-18-21)34-27-13-8-9-16-30-27/h20-25,27H,8-19H2,1-7H3/t21?,22-,23-,24+,25-,27?/m1/s1. The smallest absolute Gasteiger partial charge is 0.306 e. The second-order valence-corrected chi connectivity index (χ2v) is 17.7. The lowest BCUT2D eigenvalue weighted by molar-refractivity contribution is -0.198. The number of esters is 1. The summed E-state index contributed by atoms with van der Waals surface area (Å²) in [7, 11) is -1.85. The number of rotatable bonds is 10. The summed E-state index contributed by atoms with van der Waals surface area (Å²) in [6.45, 7) is 17.7. The fraction of sp³-hybridized carbons (Fsp3) is 0.964. The van der Waals surface area contributed by atoms with Crippen molar-refractivity contribution in [3.8, 4) is 0 Å². The van der Waals surface area contributed by atoms with Gasteiger partial charge in [-0.2, -0.15) is 0 Å². The molecule has 1 saturated carbocycles. The van der Waals surface area contributed by atoms with E-state index < -0.39 is 8.32 Å². The summed E-state index contributed by atoms with van der Waals surface area (Å²) in [5, 5.41) is 0.190. The van der Waals surface area contributed by atoms with Crippen LogP contribution in [-0.4, -0.2) is 58.7 Å². The maximum atomic E-state index is 11.9. The normalized spacial score (nSPS) is 32.3. The zero-order valence-corrected chi connectivity index (χ0v) is 24.5. The van der Waals surface area contributed by atoms with Crippen LogP contribution in [0.3, 0.4) is 0 Å². The highest BCUT2D eigenvalue weighted by molar-refractivity contribution is 6.74. The summed E-state index contributed by atoms with van der Waals surface area (Å²) < 4.78 is 31.1. The number of hydrogen-bond acceptors (Lipinski definition) is 6. The molecule has 0 aromatic heterocycles. The van der Waals surface area contributed by atoms with Gasteiger partial charge in [-0.25, -0.2) is 0 Å². The predicted molar refractivity (Wildman–Crippen MR) is 141 cm³/mol. The van der Waals surface area contributed by atoms with Crippen LogP contribution in [-0.2, 0) is 28.2 Å². The van der Waals surface area contributed by atoms with E-state index in [0.717, 1.165) is 64.8 Å². The Balaban J connectivity index is 1.58. The van der Waals surface area contributed by atoms with E-state index in [1.165, 1.54) is 6.42 Å². The van der Waals surface area contributed by atoms with E-state index in [1.807, 2.05) is 13.8 Å². The predicted octanol–water partition coefficient (Wildman–Crippen LogP) is 6.47. The number of fused-ring (bicyclic) bond motifs is 1. The Hall–Kier alpha value is -0.473. The van der Waals surface area contributed by atoms with Gasteiger partial charge in [-0.05, 0) is 88.8 Å². The van der Waals surface area contributed by atoms with Gasteiger partial charge in [0.1, 0.15) is 0 Å². The Labute approximate surface area is 215 Å². The van der Waals surface area contributed by atoms with Gasteiger partial charge in [0.25, 0.3) is 0 Å². The summed E-state index contributed by atoms with van der Waals surface area (Å²) in [6.07, 6.45) is 9.17. The second-order valence-electron chi connectivity index (χ2n) is 12.9. The van der Waals surface area contributed by atoms with Gasteiger partial charge in [-0.1, -0.05) is 20.8 Å². The molecule has 6 nitrogen and oxygen atoms in total. The molecule has 0 radical (unpaired) electrons. The van der Waals surface area contributed by atoms with Crippen LogP contribution in [0.1, 0.15) is 92.4 Å². The summed E-state index contributed by atoms with van der Waals surface area (Å²) in [5.41, 5.74) is 0. The molecule has 2 heterocycles. The van der Waals surface area contributed by atoms with Crippen LogP contribution in [0, 0.1) is 17.8 Å². The Kier molecular flexibility index (Phi) is 10.7. The summed E-state index contributed by atoms with van der Waals surface area (Å²) >= 11 is 0. The van der Waals surface area contributed by atoms with Crippen molar-refractivity contribution in [2.75, 3.05) is 19.8 Å². The molecule has 0 bridgehead atoms. The third-order valence-electron chi connectivity index (χ3n) is 8.69. The monoisotopic (exact) mass is 512 g/mol. The second kappa shape index (κ2) is 12.9. The quantitative estimate of drug-likeness (QED) is 0.247. The maximum absolute atomic E-state index is 11.9. The first-order chi connectivity index (χ1) is 16.5. The lowest BCUT2D eigenvalue weighted by atomic mass is 9.87.